The van der Waals surface area contributed by atoms with Crippen LogP contribution in [-0.4, -0.2) is 3.21 Å². The van der Waals surface area contributed by atoms with Gasteiger partial charge in [-0.05, 0) is 11.1 Å². The van der Waals surface area contributed by atoms with Crippen molar-refractivity contribution in [2.75, 3.05) is 0 Å². The van der Waals surface area contributed by atoms with Crippen LogP contribution in [0.25, 0.3) is 33.7 Å². The van der Waals surface area contributed by atoms with Crippen LogP contribution in [0.2, 0.25) is 0 Å². The van der Waals surface area contributed by atoms with Crippen LogP contribution in [0, 0.1) is 6.08 Å². The molecule has 0 aromatic heterocycles. The first kappa shape index (κ1) is 31.4. The largest absolute Gasteiger partial charge is 1.00 e. The Hall–Kier alpha value is -2.18. The zero-order valence-corrected chi connectivity index (χ0v) is 27.2. The Morgan fingerprint density at radius 1 is 0.795 bits per heavy atom. The molecule has 4 aromatic rings. The second-order valence-electron chi connectivity index (χ2n) is 11.3. The van der Waals surface area contributed by atoms with Crippen LogP contribution in [0.4, 0.5) is 0 Å². The van der Waals surface area contributed by atoms with Crippen molar-refractivity contribution in [3.63, 3.8) is 0 Å². The first-order valence-electron chi connectivity index (χ1n) is 13.1. The van der Waals surface area contributed by atoms with Gasteiger partial charge in [-0.2, -0.15) is 6.08 Å². The van der Waals surface area contributed by atoms with Gasteiger partial charge in [0.15, 0.2) is 0 Å². The fourth-order valence-corrected chi connectivity index (χ4v) is 5.74. The maximum absolute atomic E-state index is 2.99. The summed E-state index contributed by atoms with van der Waals surface area (Å²) in [6.45, 7) is 11.3. The summed E-state index contributed by atoms with van der Waals surface area (Å²) >= 11 is 1.51. The van der Waals surface area contributed by atoms with Gasteiger partial charge in [0.1, 0.15) is 0 Å². The molecule has 198 valence electrons. The first-order chi connectivity index (χ1) is 17.7. The van der Waals surface area contributed by atoms with Crippen LogP contribution in [0.5, 0.6) is 0 Å². The van der Waals surface area contributed by atoms with E-state index in [1.165, 1.54) is 76.8 Å². The molecule has 0 atom stereocenters. The van der Waals surface area contributed by atoms with Gasteiger partial charge in [0.25, 0.3) is 0 Å². The van der Waals surface area contributed by atoms with Crippen molar-refractivity contribution in [3.8, 4) is 0 Å². The number of halogens is 2. The van der Waals surface area contributed by atoms with E-state index in [1.54, 1.807) is 0 Å². The first-order valence-corrected chi connectivity index (χ1v) is 14.3. The van der Waals surface area contributed by atoms with Gasteiger partial charge in [-0.1, -0.05) is 75.3 Å². The van der Waals surface area contributed by atoms with Crippen LogP contribution in [0.3, 0.4) is 0 Å². The Bertz CT molecular complexity index is 1510. The van der Waals surface area contributed by atoms with Crippen LogP contribution < -0.4 is 24.8 Å². The summed E-state index contributed by atoms with van der Waals surface area (Å²) in [4.78, 5) is 0. The van der Waals surface area contributed by atoms with E-state index >= 15 is 0 Å². The van der Waals surface area contributed by atoms with E-state index in [1.807, 2.05) is 18.2 Å². The molecule has 3 aliphatic rings. The molecular formula is C36H34Cl2Zr-2. The molecule has 0 fully saturated rings. The quantitative estimate of drug-likeness (QED) is 0.284. The van der Waals surface area contributed by atoms with Crippen molar-refractivity contribution >= 4 is 36.9 Å². The van der Waals surface area contributed by atoms with Gasteiger partial charge >= 0.3 is 70.3 Å². The van der Waals surface area contributed by atoms with Gasteiger partial charge in [0.05, 0.1) is 0 Å². The Balaban J connectivity index is 0.000000219. The second-order valence-corrected chi connectivity index (χ2v) is 13.1. The number of hydrogen-bond donors (Lipinski definition) is 0. The fraction of sp³-hybridized carbons (Fsp3) is 0.222. The van der Waals surface area contributed by atoms with Crippen molar-refractivity contribution in [1.82, 2.24) is 0 Å². The van der Waals surface area contributed by atoms with E-state index in [0.29, 0.717) is 0 Å². The molecule has 3 heteroatoms. The Labute approximate surface area is 261 Å². The molecular weight excluding hydrogens is 595 g/mol. The molecule has 0 bridgehead atoms. The third kappa shape index (κ3) is 6.60. The minimum Gasteiger partial charge on any atom is -1.00 e. The molecule has 7 rings (SSSR count). The number of fused-ring (bicyclic) bond motifs is 5. The zero-order chi connectivity index (χ0) is 26.2. The molecule has 0 amide bonds. The molecule has 0 saturated carbocycles. The van der Waals surface area contributed by atoms with Gasteiger partial charge in [-0.25, -0.2) is 12.2 Å². The third-order valence-electron chi connectivity index (χ3n) is 7.58. The molecule has 0 spiro atoms. The summed E-state index contributed by atoms with van der Waals surface area (Å²) < 4.78 is 1.46. The smallest absolute Gasteiger partial charge is 0.109 e. The minimum absolute atomic E-state index is 0. The van der Waals surface area contributed by atoms with Crippen molar-refractivity contribution in [3.05, 3.63) is 125 Å². The maximum atomic E-state index is 2.99. The monoisotopic (exact) mass is 626 g/mol. The van der Waals surface area contributed by atoms with Gasteiger partial charge < -0.3 is 24.8 Å². The van der Waals surface area contributed by atoms with E-state index in [9.17, 15) is 0 Å². The minimum atomic E-state index is 0. The molecule has 0 N–H and O–H groups in total. The normalized spacial score (nSPS) is 16.0. The van der Waals surface area contributed by atoms with Gasteiger partial charge in [0.2, 0.25) is 0 Å². The van der Waals surface area contributed by atoms with Crippen molar-refractivity contribution in [2.45, 2.75) is 51.9 Å². The summed E-state index contributed by atoms with van der Waals surface area (Å²) in [6.07, 6.45) is 19.2. The van der Waals surface area contributed by atoms with Crippen LogP contribution in [0.1, 0.15) is 68.9 Å². The molecule has 0 heterocycles. The van der Waals surface area contributed by atoms with E-state index in [2.05, 4.69) is 126 Å². The number of rotatable bonds is 1. The molecule has 0 nitrogen and oxygen atoms in total. The molecule has 4 aromatic carbocycles. The van der Waals surface area contributed by atoms with Crippen molar-refractivity contribution in [1.29, 1.82) is 0 Å². The SMILES string of the molecule is CC1(C)C=Cc2cc3c(cc21)[cH-]c1cc2c(cc13)C=CC2(C)C.C[C](=[Zr+2])c1ccccc1.[C-]1=CC=CC1.[Cl-].[Cl-]. The van der Waals surface area contributed by atoms with E-state index in [-0.39, 0.29) is 35.6 Å². The maximum Gasteiger partial charge on any atom is -0.109 e. The Morgan fingerprint density at radius 2 is 1.31 bits per heavy atom. The van der Waals surface area contributed by atoms with E-state index in [4.69, 9.17) is 0 Å². The van der Waals surface area contributed by atoms with E-state index < -0.39 is 0 Å². The second kappa shape index (κ2) is 12.6. The van der Waals surface area contributed by atoms with Crippen LogP contribution in [-0.2, 0) is 35.1 Å². The van der Waals surface area contributed by atoms with Crippen molar-refractivity contribution < 1.29 is 49.0 Å². The molecule has 0 aliphatic heterocycles. The number of benzene rings is 3. The van der Waals surface area contributed by atoms with Crippen molar-refractivity contribution in [2.24, 2.45) is 0 Å². The summed E-state index contributed by atoms with van der Waals surface area (Å²) in [5.41, 5.74) is 7.34. The predicted molar refractivity (Wildman–Crippen MR) is 159 cm³/mol. The Morgan fingerprint density at radius 3 is 1.67 bits per heavy atom. The molecule has 0 radical (unpaired) electrons. The predicted octanol–water partition coefficient (Wildman–Crippen LogP) is 3.41. The summed E-state index contributed by atoms with van der Waals surface area (Å²) in [7, 11) is 0. The number of allylic oxidation sites excluding steroid dienone is 6. The fourth-order valence-electron chi connectivity index (χ4n) is 5.34. The standard InChI is InChI=1S/C23H21.C8H8.C5H5.2ClH.Zr/c1-22(2)7-5-14-10-18-16(12-20(14)22)9-17-13-21-15(11-19(17)18)6-8-23(21,3)4;1-2-8-6-4-3-5-7-8;1-2-4-5-3-1;;;/h5-13H,1-4H3;3-7H,1H3;1-3H,4H2;2*1H;/q-1;;-1;;;+2/p-2. The number of hydrogen-bond acceptors (Lipinski definition) is 0. The summed E-state index contributed by atoms with van der Waals surface area (Å²) in [5, 5.41) is 5.53. The molecule has 0 unspecified atom stereocenters. The molecule has 39 heavy (non-hydrogen) atoms. The third-order valence-corrected chi connectivity index (χ3v) is 8.29. The molecule has 3 aliphatic carbocycles. The topological polar surface area (TPSA) is 0 Å². The molecule has 0 saturated heterocycles. The Kier molecular flexibility index (Phi) is 10.1. The van der Waals surface area contributed by atoms with Crippen LogP contribution >= 0.6 is 0 Å². The van der Waals surface area contributed by atoms with E-state index in [0.717, 1.165) is 6.42 Å². The van der Waals surface area contributed by atoms with Gasteiger partial charge in [0, 0.05) is 10.8 Å². The average molecular weight is 629 g/mol. The average Bonchev–Trinajstić information content (AvgIpc) is 3.67. The zero-order valence-electron chi connectivity index (χ0n) is 23.3. The summed E-state index contributed by atoms with van der Waals surface area (Å²) in [5.74, 6) is 0. The van der Waals surface area contributed by atoms with Crippen LogP contribution in [0.15, 0.2) is 91.0 Å². The van der Waals surface area contributed by atoms with Gasteiger partial charge in [-0.15, -0.1) is 46.2 Å². The van der Waals surface area contributed by atoms with Gasteiger partial charge in [-0.3, -0.25) is 6.08 Å². The summed E-state index contributed by atoms with van der Waals surface area (Å²) in [6, 6.07) is 22.4.